The van der Waals surface area contributed by atoms with Gasteiger partial charge >= 0.3 is 5.97 Å². The molecule has 28 heavy (non-hydrogen) atoms. The van der Waals surface area contributed by atoms with Crippen LogP contribution in [-0.4, -0.2) is 45.9 Å². The van der Waals surface area contributed by atoms with Crippen LogP contribution in [0.3, 0.4) is 0 Å². The second-order valence-corrected chi connectivity index (χ2v) is 6.70. The van der Waals surface area contributed by atoms with Gasteiger partial charge in [0.25, 0.3) is 0 Å². The number of benzene rings is 1. The number of carbonyl (C=O) groups is 1. The van der Waals surface area contributed by atoms with E-state index in [-0.39, 0.29) is 25.0 Å². The maximum absolute atomic E-state index is 11.1. The number of aryl methyl sites for hydroxylation is 1. The van der Waals surface area contributed by atoms with Gasteiger partial charge in [0.15, 0.2) is 0 Å². The largest absolute Gasteiger partial charge is 0.496 e. The van der Waals surface area contributed by atoms with E-state index in [0.29, 0.717) is 29.2 Å². The Hall–Kier alpha value is -2.87. The molecular formula is C20H28N4O4. The van der Waals surface area contributed by atoms with Gasteiger partial charge in [-0.05, 0) is 30.5 Å². The average Bonchev–Trinajstić information content (AvgIpc) is 2.63. The summed E-state index contributed by atoms with van der Waals surface area (Å²) in [4.78, 5) is 19.7. The van der Waals surface area contributed by atoms with E-state index >= 15 is 0 Å². The third-order valence-electron chi connectivity index (χ3n) is 4.50. The molecule has 1 aromatic heterocycles. The Kier molecular flexibility index (Phi) is 7.57. The van der Waals surface area contributed by atoms with Crippen molar-refractivity contribution in [3.8, 4) is 5.75 Å². The van der Waals surface area contributed by atoms with Crippen LogP contribution >= 0.6 is 0 Å². The summed E-state index contributed by atoms with van der Waals surface area (Å²) in [5.41, 5.74) is 8.89. The van der Waals surface area contributed by atoms with Crippen LogP contribution in [0.1, 0.15) is 42.1 Å². The highest BCUT2D eigenvalue weighted by Gasteiger charge is 2.17. The minimum atomic E-state index is -0.893. The van der Waals surface area contributed by atoms with Crippen molar-refractivity contribution < 1.29 is 19.7 Å². The maximum Gasteiger partial charge on any atom is 0.307 e. The topological polar surface area (TPSA) is 131 Å². The fourth-order valence-corrected chi connectivity index (χ4v) is 3.14. The van der Waals surface area contributed by atoms with Gasteiger partial charge in [-0.15, -0.1) is 0 Å². The number of aromatic nitrogens is 2. The van der Waals surface area contributed by atoms with Crippen molar-refractivity contribution in [2.24, 2.45) is 0 Å². The Balaban J connectivity index is 2.43. The van der Waals surface area contributed by atoms with E-state index in [4.69, 9.17) is 15.6 Å². The maximum atomic E-state index is 11.1. The zero-order valence-electron chi connectivity index (χ0n) is 16.5. The van der Waals surface area contributed by atoms with Gasteiger partial charge < -0.3 is 26.0 Å². The van der Waals surface area contributed by atoms with Crippen LogP contribution in [0.15, 0.2) is 18.2 Å². The molecule has 1 heterocycles. The minimum absolute atomic E-state index is 0.0202. The molecule has 2 rings (SSSR count). The smallest absolute Gasteiger partial charge is 0.307 e. The molecule has 0 amide bonds. The molecule has 1 unspecified atom stereocenters. The van der Waals surface area contributed by atoms with Crippen LogP contribution in [-0.2, 0) is 17.6 Å². The summed E-state index contributed by atoms with van der Waals surface area (Å²) in [5, 5.41) is 22.0. The first-order valence-corrected chi connectivity index (χ1v) is 9.25. The van der Waals surface area contributed by atoms with Crippen molar-refractivity contribution in [1.82, 2.24) is 9.97 Å². The Morgan fingerprint density at radius 3 is 2.71 bits per heavy atom. The van der Waals surface area contributed by atoms with E-state index in [0.717, 1.165) is 24.0 Å². The lowest BCUT2D eigenvalue weighted by Gasteiger charge is -2.20. The molecule has 5 N–H and O–H groups in total. The Bertz CT molecular complexity index is 826. The molecule has 0 aliphatic heterocycles. The van der Waals surface area contributed by atoms with Crippen LogP contribution in [0.2, 0.25) is 0 Å². The van der Waals surface area contributed by atoms with E-state index < -0.39 is 5.97 Å². The van der Waals surface area contributed by atoms with E-state index in [2.05, 4.69) is 15.3 Å². The number of anilines is 2. The lowest BCUT2D eigenvalue weighted by atomic mass is 9.99. The van der Waals surface area contributed by atoms with Gasteiger partial charge in [0, 0.05) is 17.7 Å². The van der Waals surface area contributed by atoms with Crippen molar-refractivity contribution in [2.75, 3.05) is 24.8 Å². The van der Waals surface area contributed by atoms with Gasteiger partial charge in [-0.2, -0.15) is 4.98 Å². The molecule has 0 aliphatic carbocycles. The molecule has 0 fully saturated rings. The molecular weight excluding hydrogens is 360 g/mol. The zero-order chi connectivity index (χ0) is 20.7. The number of nitrogen functional groups attached to an aromatic ring is 1. The highest BCUT2D eigenvalue weighted by molar-refractivity contribution is 5.70. The number of hydrogen-bond donors (Lipinski definition) is 4. The Morgan fingerprint density at radius 2 is 2.11 bits per heavy atom. The monoisotopic (exact) mass is 388 g/mol. The lowest BCUT2D eigenvalue weighted by molar-refractivity contribution is -0.136. The molecule has 0 saturated carbocycles. The number of aliphatic hydroxyl groups excluding tert-OH is 1. The second kappa shape index (κ2) is 9.89. The molecule has 0 spiro atoms. The Labute approximate surface area is 164 Å². The molecule has 0 bridgehead atoms. The van der Waals surface area contributed by atoms with Crippen LogP contribution in [0.25, 0.3) is 0 Å². The number of aliphatic carboxylic acids is 1. The molecule has 1 atom stereocenters. The predicted molar refractivity (Wildman–Crippen MR) is 108 cm³/mol. The molecule has 0 aliphatic rings. The quantitative estimate of drug-likeness (QED) is 0.487. The first-order valence-electron chi connectivity index (χ1n) is 9.25. The van der Waals surface area contributed by atoms with Gasteiger partial charge in [-0.3, -0.25) is 4.79 Å². The van der Waals surface area contributed by atoms with Crippen LogP contribution < -0.4 is 15.8 Å². The van der Waals surface area contributed by atoms with Crippen LogP contribution in [0, 0.1) is 6.92 Å². The minimum Gasteiger partial charge on any atom is -0.496 e. The molecule has 2 aromatic rings. The number of hydrogen-bond acceptors (Lipinski definition) is 7. The standard InChI is InChI=1S/C20H28N4O4/c1-4-5-15(11-25)23-19-16(12(2)22-20(21)24-19)10-14-8-13(9-18(26)27)6-7-17(14)28-3/h6-8,15,25H,4-5,9-11H2,1-3H3,(H,26,27)(H3,21,22,23,24). The third kappa shape index (κ3) is 5.56. The summed E-state index contributed by atoms with van der Waals surface area (Å²) in [6.07, 6.45) is 2.08. The van der Waals surface area contributed by atoms with Crippen molar-refractivity contribution in [3.05, 3.63) is 40.6 Å². The summed E-state index contributed by atoms with van der Waals surface area (Å²) < 4.78 is 5.45. The van der Waals surface area contributed by atoms with Crippen molar-refractivity contribution in [3.63, 3.8) is 0 Å². The van der Waals surface area contributed by atoms with Gasteiger partial charge in [-0.25, -0.2) is 4.98 Å². The number of methoxy groups -OCH3 is 1. The number of nitrogens with one attached hydrogen (secondary N) is 1. The molecule has 0 radical (unpaired) electrons. The average molecular weight is 388 g/mol. The molecule has 1 aromatic carbocycles. The van der Waals surface area contributed by atoms with Gasteiger partial charge in [0.1, 0.15) is 11.6 Å². The summed E-state index contributed by atoms with van der Waals surface area (Å²) in [7, 11) is 1.57. The molecule has 152 valence electrons. The summed E-state index contributed by atoms with van der Waals surface area (Å²) in [6.45, 7) is 3.87. The fourth-order valence-electron chi connectivity index (χ4n) is 3.14. The van der Waals surface area contributed by atoms with Crippen LogP contribution in [0.4, 0.5) is 11.8 Å². The summed E-state index contributed by atoms with van der Waals surface area (Å²) in [6, 6.07) is 5.19. The predicted octanol–water partition coefficient (Wildman–Crippen LogP) is 2.17. The van der Waals surface area contributed by atoms with Gasteiger partial charge in [0.2, 0.25) is 5.95 Å². The number of aliphatic hydroxyl groups is 1. The second-order valence-electron chi connectivity index (χ2n) is 6.70. The summed E-state index contributed by atoms with van der Waals surface area (Å²) >= 11 is 0. The van der Waals surface area contributed by atoms with Crippen molar-refractivity contribution >= 4 is 17.7 Å². The molecule has 0 saturated heterocycles. The van der Waals surface area contributed by atoms with E-state index in [9.17, 15) is 9.90 Å². The third-order valence-corrected chi connectivity index (χ3v) is 4.50. The molecule has 8 heteroatoms. The highest BCUT2D eigenvalue weighted by atomic mass is 16.5. The number of nitrogens with two attached hydrogens (primary N) is 1. The number of rotatable bonds is 10. The zero-order valence-corrected chi connectivity index (χ0v) is 16.5. The van der Waals surface area contributed by atoms with E-state index in [1.165, 1.54) is 0 Å². The number of ether oxygens (including phenoxy) is 1. The van der Waals surface area contributed by atoms with Gasteiger partial charge in [0.05, 0.1) is 26.2 Å². The van der Waals surface area contributed by atoms with Crippen LogP contribution in [0.5, 0.6) is 5.75 Å². The normalized spacial score (nSPS) is 11.9. The van der Waals surface area contributed by atoms with E-state index in [1.54, 1.807) is 19.2 Å². The Morgan fingerprint density at radius 1 is 1.36 bits per heavy atom. The van der Waals surface area contributed by atoms with Gasteiger partial charge in [-0.1, -0.05) is 25.5 Å². The summed E-state index contributed by atoms with van der Waals surface area (Å²) in [5.74, 6) is 0.492. The van der Waals surface area contributed by atoms with Crippen molar-refractivity contribution in [1.29, 1.82) is 0 Å². The molecule has 8 nitrogen and oxygen atoms in total. The number of nitrogens with zero attached hydrogens (tertiary/aromatic N) is 2. The number of carboxylic acid groups (broad SMARTS) is 1. The lowest BCUT2D eigenvalue weighted by Crippen LogP contribution is -2.25. The SMILES string of the molecule is CCCC(CO)Nc1nc(N)nc(C)c1Cc1cc(CC(=O)O)ccc1OC. The first kappa shape index (κ1) is 21.4. The first-order chi connectivity index (χ1) is 13.4. The van der Waals surface area contributed by atoms with Crippen molar-refractivity contribution in [2.45, 2.75) is 45.6 Å². The highest BCUT2D eigenvalue weighted by Crippen LogP contribution is 2.28. The fraction of sp³-hybridized carbons (Fsp3) is 0.450. The van der Waals surface area contributed by atoms with E-state index in [1.807, 2.05) is 19.9 Å². The number of carboxylic acids is 1.